The van der Waals surface area contributed by atoms with Crippen LogP contribution in [-0.2, 0) is 4.79 Å². The summed E-state index contributed by atoms with van der Waals surface area (Å²) in [5.41, 5.74) is 4.91. The molecule has 2 aromatic carbocycles. The van der Waals surface area contributed by atoms with Crippen molar-refractivity contribution in [3.63, 3.8) is 0 Å². The third kappa shape index (κ3) is 3.10. The van der Waals surface area contributed by atoms with Gasteiger partial charge in [-0.15, -0.1) is 0 Å². The highest BCUT2D eigenvalue weighted by Crippen LogP contribution is 2.28. The summed E-state index contributed by atoms with van der Waals surface area (Å²) >= 11 is 0. The summed E-state index contributed by atoms with van der Waals surface area (Å²) in [7, 11) is 0. The molecule has 1 N–H and O–H groups in total. The third-order valence-corrected chi connectivity index (χ3v) is 5.54. The first-order chi connectivity index (χ1) is 13.9. The molecule has 4 rings (SSSR count). The molecule has 0 saturated heterocycles. The van der Waals surface area contributed by atoms with Crippen LogP contribution in [-0.4, -0.2) is 20.1 Å². The van der Waals surface area contributed by atoms with E-state index in [2.05, 4.69) is 10.3 Å². The molecule has 0 radical (unpaired) electrons. The largest absolute Gasteiger partial charge is 0.324 e. The molecule has 0 spiro atoms. The maximum atomic E-state index is 13.3. The van der Waals surface area contributed by atoms with Crippen LogP contribution in [0.3, 0.4) is 0 Å². The fourth-order valence-corrected chi connectivity index (χ4v) is 3.89. The van der Waals surface area contributed by atoms with E-state index in [0.29, 0.717) is 12.1 Å². The second kappa shape index (κ2) is 7.20. The minimum absolute atomic E-state index is 0.0954. The number of amides is 1. The van der Waals surface area contributed by atoms with Crippen LogP contribution in [0.4, 0.5) is 5.69 Å². The lowest BCUT2D eigenvalue weighted by Gasteiger charge is -2.21. The molecule has 1 atom stereocenters. The van der Waals surface area contributed by atoms with Crippen molar-refractivity contribution in [1.82, 2.24) is 14.2 Å². The number of para-hydroxylation sites is 1. The number of rotatable bonds is 4. The summed E-state index contributed by atoms with van der Waals surface area (Å²) in [6.07, 6.45) is 0.593. The molecule has 0 aliphatic rings. The van der Waals surface area contributed by atoms with E-state index in [1.807, 2.05) is 79.4 Å². The number of nitrogens with zero attached hydrogens (tertiary/aromatic N) is 3. The summed E-state index contributed by atoms with van der Waals surface area (Å²) < 4.78 is 3.83. The number of nitrogens with one attached hydrogen (secondary N) is 1. The topological polar surface area (TPSA) is 68.4 Å². The van der Waals surface area contributed by atoms with Crippen molar-refractivity contribution in [2.24, 2.45) is 0 Å². The van der Waals surface area contributed by atoms with E-state index in [9.17, 15) is 9.59 Å². The van der Waals surface area contributed by atoms with Crippen LogP contribution in [0.2, 0.25) is 0 Å². The van der Waals surface area contributed by atoms with Crippen molar-refractivity contribution >= 4 is 28.1 Å². The number of fused-ring (bicyclic) bond motifs is 3. The number of carbonyl (C=O) groups is 1. The predicted molar refractivity (Wildman–Crippen MR) is 116 cm³/mol. The molecule has 29 heavy (non-hydrogen) atoms. The number of benzene rings is 2. The molecule has 1 amide bonds. The minimum Gasteiger partial charge on any atom is -0.324 e. The Kier molecular flexibility index (Phi) is 4.70. The first-order valence-corrected chi connectivity index (χ1v) is 9.79. The molecule has 2 heterocycles. The Bertz CT molecular complexity index is 1300. The maximum absolute atomic E-state index is 13.3. The van der Waals surface area contributed by atoms with Crippen LogP contribution in [0.5, 0.6) is 0 Å². The Morgan fingerprint density at radius 3 is 2.62 bits per heavy atom. The second-order valence-corrected chi connectivity index (χ2v) is 7.39. The van der Waals surface area contributed by atoms with Gasteiger partial charge in [-0.1, -0.05) is 31.2 Å². The van der Waals surface area contributed by atoms with Crippen molar-refractivity contribution in [3.05, 3.63) is 75.7 Å². The van der Waals surface area contributed by atoms with Gasteiger partial charge in [-0.05, 0) is 56.5 Å². The molecular formula is C23H24N4O2. The highest BCUT2D eigenvalue weighted by atomic mass is 16.2. The Morgan fingerprint density at radius 2 is 1.86 bits per heavy atom. The molecule has 0 fully saturated rings. The maximum Gasteiger partial charge on any atom is 0.273 e. The van der Waals surface area contributed by atoms with Gasteiger partial charge in [-0.3, -0.25) is 14.3 Å². The zero-order chi connectivity index (χ0) is 20.7. The highest BCUT2D eigenvalue weighted by molar-refractivity contribution is 5.98. The van der Waals surface area contributed by atoms with E-state index in [-0.39, 0.29) is 11.5 Å². The van der Waals surface area contributed by atoms with Crippen molar-refractivity contribution in [2.45, 2.75) is 40.2 Å². The molecule has 0 saturated carbocycles. The van der Waals surface area contributed by atoms with Gasteiger partial charge in [-0.2, -0.15) is 4.98 Å². The van der Waals surface area contributed by atoms with Crippen molar-refractivity contribution < 1.29 is 4.79 Å². The van der Waals surface area contributed by atoms with Gasteiger partial charge in [-0.25, -0.2) is 4.52 Å². The third-order valence-electron chi connectivity index (χ3n) is 5.54. The van der Waals surface area contributed by atoms with Gasteiger partial charge in [0, 0.05) is 22.8 Å². The minimum atomic E-state index is -0.458. The van der Waals surface area contributed by atoms with Gasteiger partial charge < -0.3 is 5.32 Å². The molecular weight excluding hydrogens is 364 g/mol. The highest BCUT2D eigenvalue weighted by Gasteiger charge is 2.25. The summed E-state index contributed by atoms with van der Waals surface area (Å²) in [5.74, 6) is -0.0954. The standard InChI is InChI=1S/C23H24N4O2/c1-5-19(23(29)24-18-11-8-9-14(2)16(18)4)27-20-12-7-6-10-17(20)22-25-21(28)13-15(3)26(22)27/h6-13,19H,5H2,1-4H3,(H,24,29)/t19-/m1/s1. The summed E-state index contributed by atoms with van der Waals surface area (Å²) in [5, 5.41) is 3.95. The van der Waals surface area contributed by atoms with Crippen molar-refractivity contribution in [1.29, 1.82) is 0 Å². The van der Waals surface area contributed by atoms with E-state index in [1.54, 1.807) is 0 Å². The molecule has 6 heteroatoms. The molecule has 6 nitrogen and oxygen atoms in total. The summed E-state index contributed by atoms with van der Waals surface area (Å²) in [4.78, 5) is 29.6. The predicted octanol–water partition coefficient (Wildman–Crippen LogP) is 4.16. The zero-order valence-electron chi connectivity index (χ0n) is 17.1. The number of hydrogen-bond acceptors (Lipinski definition) is 3. The number of anilines is 1. The monoisotopic (exact) mass is 388 g/mol. The summed E-state index contributed by atoms with van der Waals surface area (Å²) in [6.45, 7) is 7.88. The lowest BCUT2D eigenvalue weighted by Crippen LogP contribution is -2.29. The smallest absolute Gasteiger partial charge is 0.273 e. The lowest BCUT2D eigenvalue weighted by molar-refractivity contribution is -0.119. The molecule has 0 aliphatic heterocycles. The van der Waals surface area contributed by atoms with Gasteiger partial charge in [0.25, 0.3) is 5.56 Å². The van der Waals surface area contributed by atoms with Gasteiger partial charge in [0.2, 0.25) is 5.91 Å². The SMILES string of the molecule is CC[C@H](C(=O)Nc1cccc(C)c1C)n1c2ccccc2c2nc(=O)cc(C)n21. The molecule has 0 unspecified atom stereocenters. The average Bonchev–Trinajstić information content (AvgIpc) is 3.01. The van der Waals surface area contributed by atoms with E-state index in [0.717, 1.165) is 33.4 Å². The second-order valence-electron chi connectivity index (χ2n) is 7.39. The Balaban J connectivity index is 1.90. The molecule has 148 valence electrons. The van der Waals surface area contributed by atoms with Crippen LogP contribution in [0.1, 0.15) is 36.2 Å². The molecule has 4 aromatic rings. The van der Waals surface area contributed by atoms with E-state index in [4.69, 9.17) is 0 Å². The summed E-state index contributed by atoms with van der Waals surface area (Å²) in [6, 6.07) is 14.7. The number of aromatic nitrogens is 3. The molecule has 0 aliphatic carbocycles. The number of hydrogen-bond donors (Lipinski definition) is 1. The van der Waals surface area contributed by atoms with E-state index >= 15 is 0 Å². The fraction of sp³-hybridized carbons (Fsp3) is 0.261. The molecule has 0 bridgehead atoms. The molecule has 2 aromatic heterocycles. The van der Waals surface area contributed by atoms with Crippen LogP contribution in [0.15, 0.2) is 53.3 Å². The van der Waals surface area contributed by atoms with Gasteiger partial charge in [0.05, 0.1) is 5.52 Å². The Labute approximate surface area is 168 Å². The zero-order valence-corrected chi connectivity index (χ0v) is 17.1. The number of aryl methyl sites for hydroxylation is 2. The normalized spacial score (nSPS) is 12.4. The van der Waals surface area contributed by atoms with Crippen molar-refractivity contribution in [3.8, 4) is 0 Å². The quantitative estimate of drug-likeness (QED) is 0.571. The first kappa shape index (κ1) is 18.9. The fourth-order valence-electron chi connectivity index (χ4n) is 3.89. The average molecular weight is 388 g/mol. The Hall–Kier alpha value is -3.41. The van der Waals surface area contributed by atoms with Gasteiger partial charge in [0.15, 0.2) is 5.65 Å². The van der Waals surface area contributed by atoms with Crippen LogP contribution < -0.4 is 10.9 Å². The van der Waals surface area contributed by atoms with E-state index in [1.165, 1.54) is 6.07 Å². The first-order valence-electron chi connectivity index (χ1n) is 9.79. The van der Waals surface area contributed by atoms with Gasteiger partial charge >= 0.3 is 0 Å². The van der Waals surface area contributed by atoms with Crippen LogP contribution in [0.25, 0.3) is 16.6 Å². The number of carbonyl (C=O) groups excluding carboxylic acids is 1. The Morgan fingerprint density at radius 1 is 1.10 bits per heavy atom. The van der Waals surface area contributed by atoms with Crippen LogP contribution >= 0.6 is 0 Å². The van der Waals surface area contributed by atoms with E-state index < -0.39 is 6.04 Å². The van der Waals surface area contributed by atoms with Crippen molar-refractivity contribution in [2.75, 3.05) is 5.32 Å². The lowest BCUT2D eigenvalue weighted by atomic mass is 10.1. The van der Waals surface area contributed by atoms with Crippen LogP contribution in [0, 0.1) is 20.8 Å². The van der Waals surface area contributed by atoms with Gasteiger partial charge in [0.1, 0.15) is 6.04 Å².